The Balaban J connectivity index is 1.91. The number of thiocarbonyl (C=S) groups is 1. The third-order valence-electron chi connectivity index (χ3n) is 3.07. The second-order valence-electron chi connectivity index (χ2n) is 4.69. The van der Waals surface area contributed by atoms with Crippen LogP contribution < -0.4 is 15.4 Å². The summed E-state index contributed by atoms with van der Waals surface area (Å²) in [5.41, 5.74) is 2.14. The number of benzene rings is 2. The Morgan fingerprint density at radius 1 is 1.10 bits per heavy atom. The van der Waals surface area contributed by atoms with Gasteiger partial charge in [0.05, 0.1) is 12.6 Å². The maximum absolute atomic E-state index is 5.44. The molecule has 0 radical (unpaired) electrons. The average molecular weight is 300 g/mol. The Morgan fingerprint density at radius 2 is 1.76 bits per heavy atom. The molecule has 0 aliphatic carbocycles. The van der Waals surface area contributed by atoms with Gasteiger partial charge in [0, 0.05) is 5.69 Å². The van der Waals surface area contributed by atoms with Crippen molar-refractivity contribution in [2.24, 2.45) is 0 Å². The molecule has 2 aromatic carbocycles. The van der Waals surface area contributed by atoms with Crippen LogP contribution in [0.3, 0.4) is 0 Å². The number of para-hydroxylation sites is 1. The van der Waals surface area contributed by atoms with Gasteiger partial charge in [-0.25, -0.2) is 0 Å². The van der Waals surface area contributed by atoms with Crippen LogP contribution in [-0.4, -0.2) is 11.7 Å². The van der Waals surface area contributed by atoms with Crippen molar-refractivity contribution in [3.63, 3.8) is 0 Å². The fourth-order valence-electron chi connectivity index (χ4n) is 1.99. The quantitative estimate of drug-likeness (QED) is 0.813. The van der Waals surface area contributed by atoms with Crippen LogP contribution in [0, 0.1) is 0 Å². The second-order valence-corrected chi connectivity index (χ2v) is 5.10. The molecule has 0 amide bonds. The first kappa shape index (κ1) is 15.3. The number of ether oxygens (including phenoxy) is 1. The zero-order chi connectivity index (χ0) is 15.1. The van der Waals surface area contributed by atoms with Gasteiger partial charge in [-0.2, -0.15) is 0 Å². The minimum absolute atomic E-state index is 0.129. The van der Waals surface area contributed by atoms with Gasteiger partial charge in [0.2, 0.25) is 0 Å². The van der Waals surface area contributed by atoms with E-state index in [1.807, 2.05) is 61.5 Å². The lowest BCUT2D eigenvalue weighted by atomic mass is 10.1. The number of anilines is 1. The third kappa shape index (κ3) is 4.76. The topological polar surface area (TPSA) is 33.3 Å². The fourth-order valence-corrected chi connectivity index (χ4v) is 2.28. The molecule has 21 heavy (non-hydrogen) atoms. The lowest BCUT2D eigenvalue weighted by Gasteiger charge is -2.17. The van der Waals surface area contributed by atoms with Crippen molar-refractivity contribution >= 4 is 23.0 Å². The smallest absolute Gasteiger partial charge is 0.171 e. The van der Waals surface area contributed by atoms with E-state index in [0.717, 1.165) is 17.0 Å². The fraction of sp³-hybridized carbons (Fsp3) is 0.235. The van der Waals surface area contributed by atoms with Gasteiger partial charge < -0.3 is 15.4 Å². The van der Waals surface area contributed by atoms with Crippen molar-refractivity contribution < 1.29 is 4.74 Å². The first-order chi connectivity index (χ1) is 10.2. The summed E-state index contributed by atoms with van der Waals surface area (Å²) in [5, 5.41) is 7.06. The monoisotopic (exact) mass is 300 g/mol. The van der Waals surface area contributed by atoms with Crippen LogP contribution in [0.1, 0.15) is 25.5 Å². The van der Waals surface area contributed by atoms with Crippen LogP contribution in [0.4, 0.5) is 5.69 Å². The normalized spacial score (nSPS) is 11.5. The van der Waals surface area contributed by atoms with Crippen LogP contribution >= 0.6 is 12.2 Å². The molecule has 0 aliphatic heterocycles. The minimum Gasteiger partial charge on any atom is -0.494 e. The summed E-state index contributed by atoms with van der Waals surface area (Å²) < 4.78 is 5.44. The van der Waals surface area contributed by atoms with Crippen LogP contribution in [0.25, 0.3) is 0 Å². The number of hydrogen-bond acceptors (Lipinski definition) is 2. The van der Waals surface area contributed by atoms with Crippen LogP contribution in [-0.2, 0) is 0 Å². The maximum Gasteiger partial charge on any atom is 0.171 e. The highest BCUT2D eigenvalue weighted by Gasteiger charge is 2.07. The van der Waals surface area contributed by atoms with E-state index in [9.17, 15) is 0 Å². The van der Waals surface area contributed by atoms with Crippen molar-refractivity contribution in [1.82, 2.24) is 5.32 Å². The molecule has 4 heteroatoms. The van der Waals surface area contributed by atoms with Crippen molar-refractivity contribution in [2.45, 2.75) is 19.9 Å². The van der Waals surface area contributed by atoms with Crippen molar-refractivity contribution in [1.29, 1.82) is 0 Å². The molecule has 1 unspecified atom stereocenters. The Labute approximate surface area is 131 Å². The first-order valence-electron chi connectivity index (χ1n) is 7.04. The van der Waals surface area contributed by atoms with E-state index in [4.69, 9.17) is 17.0 Å². The summed E-state index contributed by atoms with van der Waals surface area (Å²) in [5.74, 6) is 0.887. The standard InChI is InChI=1S/C17H20N2OS/c1-3-20-16-11-9-14(10-12-16)13(2)18-17(21)19-15-7-5-4-6-8-15/h4-13H,3H2,1-2H3,(H2,18,19,21). The van der Waals surface area contributed by atoms with Gasteiger partial charge in [0.15, 0.2) is 5.11 Å². The zero-order valence-corrected chi connectivity index (χ0v) is 13.1. The van der Waals surface area contributed by atoms with E-state index in [2.05, 4.69) is 17.6 Å². The molecule has 0 aliphatic rings. The summed E-state index contributed by atoms with van der Waals surface area (Å²) in [4.78, 5) is 0. The van der Waals surface area contributed by atoms with E-state index < -0.39 is 0 Å². The molecule has 0 saturated carbocycles. The van der Waals surface area contributed by atoms with E-state index in [-0.39, 0.29) is 6.04 Å². The number of hydrogen-bond donors (Lipinski definition) is 2. The Bertz CT molecular complexity index is 569. The van der Waals surface area contributed by atoms with Crippen molar-refractivity contribution in [3.05, 3.63) is 60.2 Å². The van der Waals surface area contributed by atoms with Crippen molar-refractivity contribution in [2.75, 3.05) is 11.9 Å². The molecule has 110 valence electrons. The molecule has 0 saturated heterocycles. The highest BCUT2D eigenvalue weighted by atomic mass is 32.1. The van der Waals surface area contributed by atoms with Gasteiger partial charge in [-0.1, -0.05) is 30.3 Å². The summed E-state index contributed by atoms with van der Waals surface area (Å²) in [7, 11) is 0. The third-order valence-corrected chi connectivity index (χ3v) is 3.29. The van der Waals surface area contributed by atoms with E-state index in [1.54, 1.807) is 0 Å². The largest absolute Gasteiger partial charge is 0.494 e. The summed E-state index contributed by atoms with van der Waals surface area (Å²) in [6.45, 7) is 4.73. The molecule has 2 aromatic rings. The van der Waals surface area contributed by atoms with Crippen molar-refractivity contribution in [3.8, 4) is 5.75 Å². The van der Waals surface area contributed by atoms with Gasteiger partial charge >= 0.3 is 0 Å². The van der Waals surface area contributed by atoms with Crippen LogP contribution in [0.15, 0.2) is 54.6 Å². The Morgan fingerprint density at radius 3 is 2.38 bits per heavy atom. The minimum atomic E-state index is 0.129. The van der Waals surface area contributed by atoms with Gasteiger partial charge in [-0.15, -0.1) is 0 Å². The molecule has 0 bridgehead atoms. The van der Waals surface area contributed by atoms with Crippen LogP contribution in [0.5, 0.6) is 5.75 Å². The van der Waals surface area contributed by atoms with Gasteiger partial charge in [-0.05, 0) is 55.9 Å². The molecule has 0 aromatic heterocycles. The summed E-state index contributed by atoms with van der Waals surface area (Å²) in [6, 6.07) is 18.1. The molecule has 1 atom stereocenters. The first-order valence-corrected chi connectivity index (χ1v) is 7.45. The molecule has 0 spiro atoms. The Kier molecular flexibility index (Phi) is 5.58. The molecular formula is C17H20N2OS. The highest BCUT2D eigenvalue weighted by Crippen LogP contribution is 2.17. The predicted octanol–water partition coefficient (Wildman–Crippen LogP) is 4.13. The van der Waals surface area contributed by atoms with Gasteiger partial charge in [-0.3, -0.25) is 0 Å². The molecule has 0 fully saturated rings. The summed E-state index contributed by atoms with van der Waals surface area (Å²) >= 11 is 5.33. The number of nitrogens with one attached hydrogen (secondary N) is 2. The molecule has 0 heterocycles. The highest BCUT2D eigenvalue weighted by molar-refractivity contribution is 7.80. The lowest BCUT2D eigenvalue weighted by Crippen LogP contribution is -2.30. The van der Waals surface area contributed by atoms with Gasteiger partial charge in [0.25, 0.3) is 0 Å². The maximum atomic E-state index is 5.44. The average Bonchev–Trinajstić information content (AvgIpc) is 2.49. The zero-order valence-electron chi connectivity index (χ0n) is 12.3. The SMILES string of the molecule is CCOc1ccc(C(C)NC(=S)Nc2ccccc2)cc1. The summed E-state index contributed by atoms with van der Waals surface area (Å²) in [6.07, 6.45) is 0. The van der Waals surface area contributed by atoms with Gasteiger partial charge in [0.1, 0.15) is 5.75 Å². The number of rotatable bonds is 5. The predicted molar refractivity (Wildman–Crippen MR) is 91.8 cm³/mol. The Hall–Kier alpha value is -2.07. The van der Waals surface area contributed by atoms with E-state index in [1.165, 1.54) is 0 Å². The molecule has 2 N–H and O–H groups in total. The lowest BCUT2D eigenvalue weighted by molar-refractivity contribution is 0.340. The van der Waals surface area contributed by atoms with E-state index in [0.29, 0.717) is 11.7 Å². The van der Waals surface area contributed by atoms with Crippen LogP contribution in [0.2, 0.25) is 0 Å². The second kappa shape index (κ2) is 7.64. The molecule has 2 rings (SSSR count). The van der Waals surface area contributed by atoms with E-state index >= 15 is 0 Å². The molecule has 3 nitrogen and oxygen atoms in total. The molecular weight excluding hydrogens is 280 g/mol.